The van der Waals surface area contributed by atoms with Crippen LogP contribution in [0.5, 0.6) is 0 Å². The molecule has 1 aliphatic heterocycles. The van der Waals surface area contributed by atoms with Crippen molar-refractivity contribution in [2.45, 2.75) is 32.9 Å². The maximum absolute atomic E-state index is 12.1. The molecular weight excluding hydrogens is 117 g/mol. The zero-order valence-corrected chi connectivity index (χ0v) is 6.28. The van der Waals surface area contributed by atoms with Crippen molar-refractivity contribution in [3.8, 4) is 0 Å². The molecule has 0 bridgehead atoms. The third kappa shape index (κ3) is 4.40. The van der Waals surface area contributed by atoms with Gasteiger partial charge in [-0.1, -0.05) is 13.8 Å². The van der Waals surface area contributed by atoms with Gasteiger partial charge in [-0.3, -0.25) is 0 Å². The van der Waals surface area contributed by atoms with Gasteiger partial charge in [0.05, 0.1) is 0 Å². The first-order chi connectivity index (χ1) is 4.39. The second-order valence-electron chi connectivity index (χ2n) is 1.94. The minimum Gasteiger partial charge on any atom is -0.314 e. The van der Waals surface area contributed by atoms with E-state index in [0.29, 0.717) is 6.54 Å². The maximum Gasteiger partial charge on any atom is 0.113 e. The van der Waals surface area contributed by atoms with Crippen molar-refractivity contribution < 1.29 is 4.39 Å². The summed E-state index contributed by atoms with van der Waals surface area (Å²) >= 11 is 0. The fourth-order valence-corrected chi connectivity index (χ4v) is 0.809. The minimum atomic E-state index is -0.575. The highest BCUT2D eigenvalue weighted by Crippen LogP contribution is 2.03. The van der Waals surface area contributed by atoms with Gasteiger partial charge in [0.2, 0.25) is 0 Å². The number of hydrogen-bond donors (Lipinski definition) is 1. The first kappa shape index (κ1) is 8.89. The van der Waals surface area contributed by atoms with Gasteiger partial charge in [-0.2, -0.15) is 0 Å². The Bertz CT molecular complexity index is 50.9. The Balaban J connectivity index is 0.000000291. The summed E-state index contributed by atoms with van der Waals surface area (Å²) in [4.78, 5) is 0. The van der Waals surface area contributed by atoms with Crippen LogP contribution in [0.4, 0.5) is 4.39 Å². The Morgan fingerprint density at radius 3 is 2.33 bits per heavy atom. The summed E-state index contributed by atoms with van der Waals surface area (Å²) in [6.07, 6.45) is 1.18. The minimum absolute atomic E-state index is 0.569. The van der Waals surface area contributed by atoms with Gasteiger partial charge in [-0.05, 0) is 19.4 Å². The molecule has 1 N–H and O–H groups in total. The molecule has 2 heteroatoms. The number of rotatable bonds is 0. The molecule has 0 aromatic carbocycles. The molecule has 0 unspecified atom stereocenters. The summed E-state index contributed by atoms with van der Waals surface area (Å²) in [5.74, 6) is 0. The molecule has 1 saturated heterocycles. The molecule has 0 aliphatic carbocycles. The van der Waals surface area contributed by atoms with Crippen molar-refractivity contribution in [2.75, 3.05) is 13.1 Å². The Kier molecular flexibility index (Phi) is 5.94. The normalized spacial score (nSPS) is 26.3. The third-order valence-electron chi connectivity index (χ3n) is 1.24. The molecule has 9 heavy (non-hydrogen) atoms. The van der Waals surface area contributed by atoms with Crippen molar-refractivity contribution >= 4 is 0 Å². The maximum atomic E-state index is 12.1. The fourth-order valence-electron chi connectivity index (χ4n) is 0.809. The number of nitrogens with one attached hydrogen (secondary N) is 1. The molecule has 56 valence electrons. The van der Waals surface area contributed by atoms with Crippen molar-refractivity contribution in [1.82, 2.24) is 5.32 Å². The van der Waals surface area contributed by atoms with E-state index in [9.17, 15) is 4.39 Å². The van der Waals surface area contributed by atoms with E-state index in [4.69, 9.17) is 0 Å². The molecule has 1 aliphatic rings. The van der Waals surface area contributed by atoms with E-state index in [2.05, 4.69) is 5.32 Å². The molecule has 0 radical (unpaired) electrons. The molecule has 0 aromatic rings. The van der Waals surface area contributed by atoms with Gasteiger partial charge < -0.3 is 5.32 Å². The van der Waals surface area contributed by atoms with Crippen LogP contribution in [0.3, 0.4) is 0 Å². The summed E-state index contributed by atoms with van der Waals surface area (Å²) in [5.41, 5.74) is 0. The van der Waals surface area contributed by atoms with Crippen LogP contribution in [-0.4, -0.2) is 19.3 Å². The largest absolute Gasteiger partial charge is 0.314 e. The lowest BCUT2D eigenvalue weighted by Crippen LogP contribution is -2.30. The predicted octanol–water partition coefficient (Wildman–Crippen LogP) is 1.73. The molecule has 0 spiro atoms. The SMILES string of the molecule is CC.F[C@@H]1CCCNC1. The van der Waals surface area contributed by atoms with Crippen molar-refractivity contribution in [2.24, 2.45) is 0 Å². The van der Waals surface area contributed by atoms with Crippen LogP contribution in [0.25, 0.3) is 0 Å². The highest BCUT2D eigenvalue weighted by atomic mass is 19.1. The Labute approximate surface area is 56.6 Å². The van der Waals surface area contributed by atoms with E-state index in [-0.39, 0.29) is 0 Å². The average molecular weight is 133 g/mol. The van der Waals surface area contributed by atoms with Crippen molar-refractivity contribution in [3.05, 3.63) is 0 Å². The van der Waals surface area contributed by atoms with Crippen LogP contribution >= 0.6 is 0 Å². The number of piperidine rings is 1. The Hall–Kier alpha value is -0.110. The average Bonchev–Trinajstić information content (AvgIpc) is 1.94. The van der Waals surface area contributed by atoms with Gasteiger partial charge in [0.25, 0.3) is 0 Å². The van der Waals surface area contributed by atoms with Gasteiger partial charge in [0.1, 0.15) is 6.17 Å². The summed E-state index contributed by atoms with van der Waals surface area (Å²) in [6.45, 7) is 5.57. The van der Waals surface area contributed by atoms with E-state index < -0.39 is 6.17 Å². The third-order valence-corrected chi connectivity index (χ3v) is 1.24. The summed E-state index contributed by atoms with van der Waals surface area (Å²) in [7, 11) is 0. The molecule has 0 amide bonds. The van der Waals surface area contributed by atoms with Crippen LogP contribution < -0.4 is 5.32 Å². The van der Waals surface area contributed by atoms with Crippen molar-refractivity contribution in [1.29, 1.82) is 0 Å². The Morgan fingerprint density at radius 2 is 2.11 bits per heavy atom. The zero-order valence-electron chi connectivity index (χ0n) is 6.28. The van der Waals surface area contributed by atoms with Crippen LogP contribution in [0.1, 0.15) is 26.7 Å². The lowest BCUT2D eigenvalue weighted by Gasteiger charge is -2.14. The number of alkyl halides is 1. The second kappa shape index (κ2) is 6.02. The summed E-state index contributed by atoms with van der Waals surface area (Å²) < 4.78 is 12.1. The molecule has 1 rings (SSSR count). The van der Waals surface area contributed by atoms with Crippen LogP contribution in [0.2, 0.25) is 0 Å². The van der Waals surface area contributed by atoms with Gasteiger partial charge in [0, 0.05) is 6.54 Å². The highest BCUT2D eigenvalue weighted by molar-refractivity contribution is 4.66. The smallest absolute Gasteiger partial charge is 0.113 e. The van der Waals surface area contributed by atoms with Gasteiger partial charge in [0.15, 0.2) is 0 Å². The monoisotopic (exact) mass is 133 g/mol. The zero-order chi connectivity index (χ0) is 7.11. The molecule has 1 nitrogen and oxygen atoms in total. The van der Waals surface area contributed by atoms with Gasteiger partial charge in [-0.25, -0.2) is 4.39 Å². The molecule has 1 atom stereocenters. The first-order valence-corrected chi connectivity index (χ1v) is 3.74. The van der Waals surface area contributed by atoms with E-state index in [1.54, 1.807) is 0 Å². The summed E-state index contributed by atoms with van der Waals surface area (Å²) in [6, 6.07) is 0. The first-order valence-electron chi connectivity index (χ1n) is 3.74. The molecular formula is C7H16FN. The molecule has 1 heterocycles. The van der Waals surface area contributed by atoms with Crippen molar-refractivity contribution in [3.63, 3.8) is 0 Å². The molecule has 1 fully saturated rings. The molecule has 0 aromatic heterocycles. The van der Waals surface area contributed by atoms with Crippen LogP contribution in [-0.2, 0) is 0 Å². The van der Waals surface area contributed by atoms with E-state index in [1.807, 2.05) is 13.8 Å². The topological polar surface area (TPSA) is 12.0 Å². The van der Waals surface area contributed by atoms with Crippen LogP contribution in [0.15, 0.2) is 0 Å². The number of halogens is 1. The standard InChI is InChI=1S/C5H10FN.C2H6/c6-5-2-1-3-7-4-5;1-2/h5,7H,1-4H2;1-2H3/t5-;/m1./s1. The summed E-state index contributed by atoms with van der Waals surface area (Å²) in [5, 5.41) is 2.96. The fraction of sp³-hybridized carbons (Fsp3) is 1.00. The van der Waals surface area contributed by atoms with Gasteiger partial charge >= 0.3 is 0 Å². The second-order valence-corrected chi connectivity index (χ2v) is 1.94. The van der Waals surface area contributed by atoms with E-state index in [0.717, 1.165) is 19.4 Å². The van der Waals surface area contributed by atoms with E-state index >= 15 is 0 Å². The van der Waals surface area contributed by atoms with Crippen LogP contribution in [0, 0.1) is 0 Å². The van der Waals surface area contributed by atoms with Gasteiger partial charge in [-0.15, -0.1) is 0 Å². The quantitative estimate of drug-likeness (QED) is 0.530. The predicted molar refractivity (Wildman–Crippen MR) is 38.3 cm³/mol. The van der Waals surface area contributed by atoms with E-state index in [1.165, 1.54) is 0 Å². The Morgan fingerprint density at radius 1 is 1.44 bits per heavy atom. The number of hydrogen-bond acceptors (Lipinski definition) is 1. The molecule has 0 saturated carbocycles. The highest BCUT2D eigenvalue weighted by Gasteiger charge is 2.08. The lowest BCUT2D eigenvalue weighted by atomic mass is 10.1. The lowest BCUT2D eigenvalue weighted by molar-refractivity contribution is 0.266.